The highest BCUT2D eigenvalue weighted by atomic mass is 16.4. The molecule has 1 saturated carbocycles. The van der Waals surface area contributed by atoms with Crippen molar-refractivity contribution in [3.63, 3.8) is 0 Å². The Labute approximate surface area is 146 Å². The first kappa shape index (κ1) is 15.4. The minimum absolute atomic E-state index is 0.0693. The van der Waals surface area contributed by atoms with Gasteiger partial charge in [-0.2, -0.15) is 0 Å². The number of aliphatic carboxylic acids is 1. The van der Waals surface area contributed by atoms with Gasteiger partial charge in [-0.15, -0.1) is 0 Å². The number of piperidine rings is 1. The van der Waals surface area contributed by atoms with Crippen LogP contribution in [0, 0.1) is 17.8 Å². The normalized spacial score (nSPS) is 35.0. The number of carboxylic acids is 1. The molecule has 3 heterocycles. The van der Waals surface area contributed by atoms with E-state index in [1.807, 2.05) is 0 Å². The second-order valence-corrected chi connectivity index (χ2v) is 7.99. The van der Waals surface area contributed by atoms with Crippen molar-refractivity contribution in [1.29, 1.82) is 0 Å². The fourth-order valence-corrected chi connectivity index (χ4v) is 5.68. The fraction of sp³-hybridized carbons (Fsp3) is 0.550. The quantitative estimate of drug-likeness (QED) is 0.746. The van der Waals surface area contributed by atoms with E-state index in [1.54, 1.807) is 0 Å². The lowest BCUT2D eigenvalue weighted by Crippen LogP contribution is -2.53. The van der Waals surface area contributed by atoms with Crippen LogP contribution in [0.4, 0.5) is 0 Å². The Morgan fingerprint density at radius 1 is 1.24 bits per heavy atom. The molecular weight excluding hydrogens is 316 g/mol. The number of aliphatic hydroxyl groups excluding tert-OH is 1. The second kappa shape index (κ2) is 5.58. The minimum atomic E-state index is -0.830. The van der Waals surface area contributed by atoms with E-state index in [0.29, 0.717) is 12.3 Å². The van der Waals surface area contributed by atoms with Gasteiger partial charge >= 0.3 is 5.97 Å². The maximum absolute atomic E-state index is 11.8. The molecule has 0 bridgehead atoms. The third kappa shape index (κ3) is 2.26. The highest BCUT2D eigenvalue weighted by Gasteiger charge is 2.49. The van der Waals surface area contributed by atoms with Crippen LogP contribution in [0.5, 0.6) is 0 Å². The van der Waals surface area contributed by atoms with Gasteiger partial charge in [0.05, 0.1) is 18.1 Å². The lowest BCUT2D eigenvalue weighted by molar-refractivity contribution is -0.156. The number of hydrogen-bond donors (Lipinski definition) is 3. The molecule has 3 N–H and O–H groups in total. The van der Waals surface area contributed by atoms with Crippen LogP contribution >= 0.6 is 0 Å². The first-order chi connectivity index (χ1) is 12.1. The topological polar surface area (TPSA) is 76.6 Å². The van der Waals surface area contributed by atoms with Gasteiger partial charge in [-0.25, -0.2) is 0 Å². The zero-order valence-corrected chi connectivity index (χ0v) is 14.2. The summed E-state index contributed by atoms with van der Waals surface area (Å²) in [6.07, 6.45) is 2.75. The average Bonchev–Trinajstić information content (AvgIpc) is 2.99. The number of fused-ring (bicyclic) bond motifs is 6. The average molecular weight is 340 g/mol. The molecule has 5 nitrogen and oxygen atoms in total. The summed E-state index contributed by atoms with van der Waals surface area (Å²) in [5, 5.41) is 21.3. The number of carboxylic acid groups (broad SMARTS) is 1. The van der Waals surface area contributed by atoms with Crippen molar-refractivity contribution in [2.24, 2.45) is 17.8 Å². The zero-order chi connectivity index (χ0) is 17.1. The maximum Gasteiger partial charge on any atom is 0.309 e. The molecule has 5 atom stereocenters. The number of aliphatic hydroxyl groups is 1. The largest absolute Gasteiger partial charge is 0.481 e. The zero-order valence-electron chi connectivity index (χ0n) is 14.2. The lowest BCUT2D eigenvalue weighted by atomic mass is 9.65. The van der Waals surface area contributed by atoms with E-state index in [9.17, 15) is 15.0 Å². The number of rotatable bonds is 1. The second-order valence-electron chi connectivity index (χ2n) is 7.99. The number of nitrogens with one attached hydrogen (secondary N) is 1. The van der Waals surface area contributed by atoms with Gasteiger partial charge in [-0.1, -0.05) is 18.2 Å². The van der Waals surface area contributed by atoms with Gasteiger partial charge in [0.1, 0.15) is 0 Å². The first-order valence-corrected chi connectivity index (χ1v) is 9.38. The molecule has 1 saturated heterocycles. The van der Waals surface area contributed by atoms with Crippen molar-refractivity contribution in [2.75, 3.05) is 13.1 Å². The summed E-state index contributed by atoms with van der Waals surface area (Å²) in [5.41, 5.74) is 3.85. The van der Waals surface area contributed by atoms with E-state index < -0.39 is 18.0 Å². The Morgan fingerprint density at radius 3 is 2.92 bits per heavy atom. The summed E-state index contributed by atoms with van der Waals surface area (Å²) >= 11 is 0. The summed E-state index contributed by atoms with van der Waals surface area (Å²) in [6.45, 7) is 2.00. The van der Waals surface area contributed by atoms with Crippen LogP contribution in [0.3, 0.4) is 0 Å². The number of hydrogen-bond acceptors (Lipinski definition) is 3. The summed E-state index contributed by atoms with van der Waals surface area (Å²) in [7, 11) is 0. The number of para-hydroxylation sites is 1. The first-order valence-electron chi connectivity index (χ1n) is 9.38. The Kier molecular flexibility index (Phi) is 3.44. The Bertz CT molecular complexity index is 829. The highest BCUT2D eigenvalue weighted by molar-refractivity contribution is 5.85. The number of H-pyrrole nitrogens is 1. The van der Waals surface area contributed by atoms with E-state index in [4.69, 9.17) is 0 Å². The van der Waals surface area contributed by atoms with Crippen LogP contribution in [0.2, 0.25) is 0 Å². The van der Waals surface area contributed by atoms with Gasteiger partial charge in [-0.3, -0.25) is 9.69 Å². The fourth-order valence-electron chi connectivity index (χ4n) is 5.68. The van der Waals surface area contributed by atoms with Crippen molar-refractivity contribution < 1.29 is 15.0 Å². The molecule has 5 heteroatoms. The highest BCUT2D eigenvalue weighted by Crippen LogP contribution is 2.49. The van der Waals surface area contributed by atoms with Gasteiger partial charge in [0.15, 0.2) is 0 Å². The van der Waals surface area contributed by atoms with Crippen LogP contribution < -0.4 is 0 Å². The van der Waals surface area contributed by atoms with E-state index in [-0.39, 0.29) is 12.0 Å². The predicted molar refractivity (Wildman–Crippen MR) is 94.3 cm³/mol. The summed E-state index contributed by atoms with van der Waals surface area (Å²) in [5.74, 6) is -0.981. The molecule has 2 aliphatic heterocycles. The van der Waals surface area contributed by atoms with Gasteiger partial charge in [-0.05, 0) is 49.1 Å². The Hall–Kier alpha value is -1.85. The Morgan fingerprint density at radius 2 is 2.08 bits per heavy atom. The minimum Gasteiger partial charge on any atom is -0.481 e. The van der Waals surface area contributed by atoms with Crippen LogP contribution in [0.25, 0.3) is 10.9 Å². The van der Waals surface area contributed by atoms with Gasteiger partial charge in [0, 0.05) is 29.7 Å². The van der Waals surface area contributed by atoms with Crippen molar-refractivity contribution >= 4 is 16.9 Å². The van der Waals surface area contributed by atoms with Gasteiger partial charge in [0.25, 0.3) is 0 Å². The van der Waals surface area contributed by atoms with E-state index in [1.165, 1.54) is 22.2 Å². The van der Waals surface area contributed by atoms with Crippen molar-refractivity contribution in [2.45, 2.75) is 37.8 Å². The van der Waals surface area contributed by atoms with Crippen molar-refractivity contribution in [3.05, 3.63) is 35.5 Å². The third-order valence-corrected chi connectivity index (χ3v) is 6.83. The van der Waals surface area contributed by atoms with Crippen LogP contribution in [-0.2, 0) is 11.2 Å². The number of aromatic amines is 1. The molecule has 2 unspecified atom stereocenters. The van der Waals surface area contributed by atoms with E-state index >= 15 is 0 Å². The molecule has 5 rings (SSSR count). The van der Waals surface area contributed by atoms with Crippen molar-refractivity contribution in [3.8, 4) is 0 Å². The van der Waals surface area contributed by atoms with E-state index in [0.717, 1.165) is 32.4 Å². The number of carbonyl (C=O) groups is 1. The summed E-state index contributed by atoms with van der Waals surface area (Å²) in [6, 6.07) is 8.68. The lowest BCUT2D eigenvalue weighted by Gasteiger charge is -2.50. The smallest absolute Gasteiger partial charge is 0.309 e. The van der Waals surface area contributed by atoms with E-state index in [2.05, 4.69) is 34.1 Å². The van der Waals surface area contributed by atoms with Crippen LogP contribution in [0.15, 0.2) is 24.3 Å². The molecule has 132 valence electrons. The maximum atomic E-state index is 11.8. The molecule has 0 amide bonds. The SMILES string of the molecule is O=C(O)C1C(O)CC[C@H]2CN3CCc4c([nH]c5ccccc45)[C@@H]3C[C@H]12. The molecule has 1 aliphatic carbocycles. The predicted octanol–water partition coefficient (Wildman–Crippen LogP) is 2.56. The van der Waals surface area contributed by atoms with Gasteiger partial charge < -0.3 is 15.2 Å². The number of aromatic nitrogens is 1. The molecule has 1 aromatic carbocycles. The summed E-state index contributed by atoms with van der Waals surface area (Å²) < 4.78 is 0. The molecule has 2 fully saturated rings. The van der Waals surface area contributed by atoms with Crippen molar-refractivity contribution in [1.82, 2.24) is 9.88 Å². The molecular formula is C20H24N2O3. The number of nitrogens with zero attached hydrogens (tertiary/aromatic N) is 1. The molecule has 0 spiro atoms. The molecule has 2 aromatic rings. The molecule has 25 heavy (non-hydrogen) atoms. The molecule has 1 aromatic heterocycles. The monoisotopic (exact) mass is 340 g/mol. The standard InChI is InChI=1S/C20H24N2O3/c23-17-6-5-11-10-22-8-7-13-12-3-1-2-4-15(12)21-19(13)16(22)9-14(11)18(17)20(24)25/h1-4,11,14,16-18,21,23H,5-10H2,(H,24,25)/t11-,14-,16-,17?,18?/m0/s1. The third-order valence-electron chi connectivity index (χ3n) is 6.83. The number of benzene rings is 1. The molecule has 3 aliphatic rings. The Balaban J connectivity index is 1.54. The molecule has 0 radical (unpaired) electrons. The summed E-state index contributed by atoms with van der Waals surface area (Å²) in [4.78, 5) is 17.9. The van der Waals surface area contributed by atoms with Gasteiger partial charge in [0.2, 0.25) is 0 Å². The van der Waals surface area contributed by atoms with Crippen LogP contribution in [-0.4, -0.2) is 45.3 Å². The van der Waals surface area contributed by atoms with Crippen LogP contribution in [0.1, 0.15) is 36.6 Å².